The lowest BCUT2D eigenvalue weighted by atomic mass is 10.2. The van der Waals surface area contributed by atoms with Gasteiger partial charge in [0.25, 0.3) is 0 Å². The molecule has 5 heteroatoms. The van der Waals surface area contributed by atoms with Gasteiger partial charge in [0.1, 0.15) is 5.82 Å². The summed E-state index contributed by atoms with van der Waals surface area (Å²) in [5.74, 6) is -0.601. The minimum absolute atomic E-state index is 0.0978. The number of nitrogens with zero attached hydrogens (tertiary/aromatic N) is 1. The first-order valence-electron chi connectivity index (χ1n) is 5.82. The van der Waals surface area contributed by atoms with Gasteiger partial charge in [-0.15, -0.1) is 0 Å². The second kappa shape index (κ2) is 6.06. The van der Waals surface area contributed by atoms with Crippen molar-refractivity contribution in [1.82, 2.24) is 10.3 Å². The molecule has 0 saturated heterocycles. The van der Waals surface area contributed by atoms with E-state index in [-0.39, 0.29) is 24.9 Å². The molecule has 2 aromatic rings. The van der Waals surface area contributed by atoms with Gasteiger partial charge < -0.3 is 10.4 Å². The molecule has 0 fully saturated rings. The van der Waals surface area contributed by atoms with Crippen LogP contribution in [0.1, 0.15) is 5.69 Å². The predicted octanol–water partition coefficient (Wildman–Crippen LogP) is 1.50. The molecule has 0 aliphatic carbocycles. The van der Waals surface area contributed by atoms with Crippen molar-refractivity contribution in [1.29, 1.82) is 0 Å². The number of aliphatic hydroxyl groups excluding tert-OH is 1. The molecule has 4 nitrogen and oxygen atoms in total. The quantitative estimate of drug-likeness (QED) is 0.819. The summed E-state index contributed by atoms with van der Waals surface area (Å²) in [5.41, 5.74) is 1.28. The molecule has 2 rings (SSSR count). The molecule has 0 spiro atoms. The van der Waals surface area contributed by atoms with Gasteiger partial charge in [-0.25, -0.2) is 9.37 Å². The average Bonchev–Trinajstić information content (AvgIpc) is 2.42. The number of hydrogen-bond donors (Lipinski definition) is 2. The van der Waals surface area contributed by atoms with E-state index in [1.54, 1.807) is 24.3 Å². The molecule has 1 heterocycles. The Morgan fingerprint density at radius 2 is 2.21 bits per heavy atom. The Morgan fingerprint density at radius 3 is 3.00 bits per heavy atom. The molecule has 0 radical (unpaired) electrons. The molecule has 0 saturated carbocycles. The zero-order chi connectivity index (χ0) is 13.7. The molecule has 0 atom stereocenters. The Bertz CT molecular complexity index is 626. The van der Waals surface area contributed by atoms with Crippen molar-refractivity contribution >= 4 is 22.9 Å². The maximum absolute atomic E-state index is 13.0. The van der Waals surface area contributed by atoms with Crippen LogP contribution in [0.2, 0.25) is 0 Å². The number of fused-ring (bicyclic) bond motifs is 1. The Labute approximate surface area is 109 Å². The Hall–Kier alpha value is -2.27. The molecule has 0 bridgehead atoms. The minimum atomic E-state index is -0.305. The summed E-state index contributed by atoms with van der Waals surface area (Å²) in [6, 6.07) is 7.79. The normalized spacial score (nSPS) is 11.1. The van der Waals surface area contributed by atoms with Gasteiger partial charge in [0, 0.05) is 18.0 Å². The van der Waals surface area contributed by atoms with E-state index in [1.807, 2.05) is 0 Å². The smallest absolute Gasteiger partial charge is 0.244 e. The molecule has 0 aliphatic rings. The summed E-state index contributed by atoms with van der Waals surface area (Å²) in [5, 5.41) is 11.8. The number of aliphatic hydroxyl groups is 1. The van der Waals surface area contributed by atoms with Crippen LogP contribution in [-0.4, -0.2) is 29.1 Å². The van der Waals surface area contributed by atoms with Crippen LogP contribution in [0.25, 0.3) is 17.0 Å². The van der Waals surface area contributed by atoms with Crippen molar-refractivity contribution < 1.29 is 14.3 Å². The highest BCUT2D eigenvalue weighted by Crippen LogP contribution is 2.14. The van der Waals surface area contributed by atoms with Crippen LogP contribution in [0, 0.1) is 5.82 Å². The highest BCUT2D eigenvalue weighted by Gasteiger charge is 1.99. The van der Waals surface area contributed by atoms with E-state index in [0.717, 1.165) is 0 Å². The van der Waals surface area contributed by atoms with E-state index in [1.165, 1.54) is 18.2 Å². The highest BCUT2D eigenvalue weighted by atomic mass is 19.1. The minimum Gasteiger partial charge on any atom is -0.395 e. The lowest BCUT2D eigenvalue weighted by Crippen LogP contribution is -2.24. The number of amides is 1. The van der Waals surface area contributed by atoms with Crippen molar-refractivity contribution in [3.8, 4) is 0 Å². The average molecular weight is 260 g/mol. The summed E-state index contributed by atoms with van der Waals surface area (Å²) in [6.45, 7) is 0.118. The number of aromatic nitrogens is 1. The van der Waals surface area contributed by atoms with Gasteiger partial charge in [0.2, 0.25) is 5.91 Å². The Morgan fingerprint density at radius 1 is 1.37 bits per heavy atom. The molecular weight excluding hydrogens is 247 g/mol. The third-order valence-electron chi connectivity index (χ3n) is 2.49. The molecule has 98 valence electrons. The van der Waals surface area contributed by atoms with Crippen LogP contribution in [0.15, 0.2) is 36.4 Å². The first kappa shape index (κ1) is 13.2. The molecule has 1 amide bonds. The predicted molar refractivity (Wildman–Crippen MR) is 70.8 cm³/mol. The van der Waals surface area contributed by atoms with Crippen LogP contribution >= 0.6 is 0 Å². The van der Waals surface area contributed by atoms with E-state index in [2.05, 4.69) is 10.3 Å². The van der Waals surface area contributed by atoms with Crippen molar-refractivity contribution in [3.63, 3.8) is 0 Å². The van der Waals surface area contributed by atoms with Crippen molar-refractivity contribution in [2.24, 2.45) is 0 Å². The second-order valence-electron chi connectivity index (χ2n) is 3.92. The summed E-state index contributed by atoms with van der Waals surface area (Å²) >= 11 is 0. The van der Waals surface area contributed by atoms with E-state index >= 15 is 0 Å². The van der Waals surface area contributed by atoms with Crippen LogP contribution in [0.3, 0.4) is 0 Å². The van der Waals surface area contributed by atoms with Gasteiger partial charge in [0.15, 0.2) is 0 Å². The molecule has 1 aromatic heterocycles. The molecule has 0 aliphatic heterocycles. The third kappa shape index (κ3) is 3.59. The highest BCUT2D eigenvalue weighted by molar-refractivity contribution is 5.91. The molecule has 1 aromatic carbocycles. The number of benzene rings is 1. The number of carbonyl (C=O) groups excluding carboxylic acids is 1. The lowest BCUT2D eigenvalue weighted by molar-refractivity contribution is -0.116. The fraction of sp³-hybridized carbons (Fsp3) is 0.143. The number of rotatable bonds is 4. The Balaban J connectivity index is 2.15. The summed E-state index contributed by atoms with van der Waals surface area (Å²) in [4.78, 5) is 15.6. The zero-order valence-corrected chi connectivity index (χ0v) is 10.1. The van der Waals surface area contributed by atoms with Crippen LogP contribution in [0.4, 0.5) is 4.39 Å². The van der Waals surface area contributed by atoms with Crippen LogP contribution in [-0.2, 0) is 4.79 Å². The molecular formula is C14H13FN2O2. The summed E-state index contributed by atoms with van der Waals surface area (Å²) in [7, 11) is 0. The monoisotopic (exact) mass is 260 g/mol. The maximum atomic E-state index is 13.0. The van der Waals surface area contributed by atoms with Crippen molar-refractivity contribution in [2.45, 2.75) is 0 Å². The van der Waals surface area contributed by atoms with E-state index in [4.69, 9.17) is 5.11 Å². The molecule has 19 heavy (non-hydrogen) atoms. The molecule has 0 unspecified atom stereocenters. The van der Waals surface area contributed by atoms with Gasteiger partial charge in [0.05, 0.1) is 17.8 Å². The first-order valence-corrected chi connectivity index (χ1v) is 5.82. The Kier molecular flexibility index (Phi) is 4.20. The van der Waals surface area contributed by atoms with Gasteiger partial charge in [-0.05, 0) is 30.3 Å². The first-order chi connectivity index (χ1) is 9.19. The fourth-order valence-electron chi connectivity index (χ4n) is 1.60. The number of nitrogens with one attached hydrogen (secondary N) is 1. The second-order valence-corrected chi connectivity index (χ2v) is 3.92. The topological polar surface area (TPSA) is 62.2 Å². The summed E-state index contributed by atoms with van der Waals surface area (Å²) < 4.78 is 13.0. The zero-order valence-electron chi connectivity index (χ0n) is 10.1. The van der Waals surface area contributed by atoms with E-state index < -0.39 is 0 Å². The largest absolute Gasteiger partial charge is 0.395 e. The van der Waals surface area contributed by atoms with E-state index in [0.29, 0.717) is 16.6 Å². The van der Waals surface area contributed by atoms with Crippen LogP contribution < -0.4 is 5.32 Å². The van der Waals surface area contributed by atoms with Crippen molar-refractivity contribution in [3.05, 3.63) is 47.9 Å². The maximum Gasteiger partial charge on any atom is 0.244 e. The fourth-order valence-corrected chi connectivity index (χ4v) is 1.60. The molecule has 2 N–H and O–H groups in total. The van der Waals surface area contributed by atoms with E-state index in [9.17, 15) is 9.18 Å². The number of carbonyl (C=O) groups is 1. The SMILES string of the molecule is O=C(/C=C/c1ccc2cc(F)ccc2n1)NCCO. The number of pyridine rings is 1. The van der Waals surface area contributed by atoms with Crippen LogP contribution in [0.5, 0.6) is 0 Å². The van der Waals surface area contributed by atoms with Crippen molar-refractivity contribution in [2.75, 3.05) is 13.2 Å². The van der Waals surface area contributed by atoms with Gasteiger partial charge in [-0.2, -0.15) is 0 Å². The number of hydrogen-bond acceptors (Lipinski definition) is 3. The van der Waals surface area contributed by atoms with Gasteiger partial charge in [-0.3, -0.25) is 4.79 Å². The lowest BCUT2D eigenvalue weighted by Gasteiger charge is -2.00. The summed E-state index contributed by atoms with van der Waals surface area (Å²) in [6.07, 6.45) is 2.91. The third-order valence-corrected chi connectivity index (χ3v) is 2.49. The van der Waals surface area contributed by atoms with Gasteiger partial charge in [-0.1, -0.05) is 6.07 Å². The standard InChI is InChI=1S/C14H13FN2O2/c15-11-2-5-13-10(9-11)1-3-12(17-13)4-6-14(19)16-7-8-18/h1-6,9,18H,7-8H2,(H,16,19)/b6-4+. The number of halogens is 1. The van der Waals surface area contributed by atoms with Gasteiger partial charge >= 0.3 is 0 Å².